The zero-order valence-corrected chi connectivity index (χ0v) is 18.2. The summed E-state index contributed by atoms with van der Waals surface area (Å²) in [6, 6.07) is 8.63. The summed E-state index contributed by atoms with van der Waals surface area (Å²) in [6.45, 7) is 0.166. The fraction of sp³-hybridized carbons (Fsp3) is 0.348. The highest BCUT2D eigenvalue weighted by Crippen LogP contribution is 2.38. The Balaban J connectivity index is 1.82. The van der Waals surface area contributed by atoms with E-state index in [0.29, 0.717) is 16.9 Å². The Morgan fingerprint density at radius 3 is 2.58 bits per heavy atom. The van der Waals surface area contributed by atoms with Crippen molar-refractivity contribution in [3.63, 3.8) is 0 Å². The predicted octanol–water partition coefficient (Wildman–Crippen LogP) is 4.21. The van der Waals surface area contributed by atoms with E-state index in [9.17, 15) is 23.2 Å². The number of nitriles is 1. The third kappa shape index (κ3) is 4.06. The van der Waals surface area contributed by atoms with E-state index >= 15 is 0 Å². The number of amides is 1. The number of fused-ring (bicyclic) bond motifs is 1. The lowest BCUT2D eigenvalue weighted by Crippen LogP contribution is -2.51. The second-order valence-electron chi connectivity index (χ2n) is 8.26. The second kappa shape index (κ2) is 8.31. The van der Waals surface area contributed by atoms with Crippen LogP contribution in [0.15, 0.2) is 36.7 Å². The van der Waals surface area contributed by atoms with Gasteiger partial charge < -0.3 is 14.4 Å². The third-order valence-electron chi connectivity index (χ3n) is 5.65. The highest BCUT2D eigenvalue weighted by atomic mass is 19.3. The highest BCUT2D eigenvalue weighted by Gasteiger charge is 2.35. The molecule has 2 aromatic heterocycles. The predicted molar refractivity (Wildman–Crippen MR) is 113 cm³/mol. The van der Waals surface area contributed by atoms with Crippen molar-refractivity contribution >= 4 is 11.6 Å². The summed E-state index contributed by atoms with van der Waals surface area (Å²) in [5.74, 6) is -0.999. The molecule has 0 unspecified atom stereocenters. The standard InChI is InChI=1S/C23H21F3N4O3/c1-23(2,12-27)14-4-5-30-16(9-28-19(30)8-14)13-6-17(32-3)20(18(7-13)33-22(25)26)21(31)29-10-15(24)11-29/h4-9,15,22H,10-11H2,1-3H3. The number of pyridine rings is 1. The van der Waals surface area contributed by atoms with Crippen LogP contribution in [0.4, 0.5) is 13.2 Å². The number of halogens is 3. The van der Waals surface area contributed by atoms with Gasteiger partial charge in [0.05, 0.1) is 43.6 Å². The van der Waals surface area contributed by atoms with Gasteiger partial charge >= 0.3 is 6.61 Å². The number of ether oxygens (including phenoxy) is 2. The minimum absolute atomic E-state index is 0.0210. The molecule has 1 amide bonds. The van der Waals surface area contributed by atoms with Gasteiger partial charge in [-0.25, -0.2) is 9.37 Å². The lowest BCUT2D eigenvalue weighted by atomic mass is 9.87. The number of benzene rings is 1. The van der Waals surface area contributed by atoms with Gasteiger partial charge in [-0.2, -0.15) is 14.0 Å². The number of alkyl halides is 3. The molecule has 1 saturated heterocycles. The first-order chi connectivity index (χ1) is 15.6. The third-order valence-corrected chi connectivity index (χ3v) is 5.65. The van der Waals surface area contributed by atoms with Crippen molar-refractivity contribution in [1.29, 1.82) is 5.26 Å². The summed E-state index contributed by atoms with van der Waals surface area (Å²) < 4.78 is 51.3. The number of rotatable bonds is 6. The summed E-state index contributed by atoms with van der Waals surface area (Å²) >= 11 is 0. The monoisotopic (exact) mass is 458 g/mol. The van der Waals surface area contributed by atoms with Crippen LogP contribution in [0.2, 0.25) is 0 Å². The highest BCUT2D eigenvalue weighted by molar-refractivity contribution is 6.01. The van der Waals surface area contributed by atoms with Crippen LogP contribution in [0.25, 0.3) is 16.9 Å². The molecule has 33 heavy (non-hydrogen) atoms. The number of hydrogen-bond acceptors (Lipinski definition) is 5. The Morgan fingerprint density at radius 1 is 1.27 bits per heavy atom. The van der Waals surface area contributed by atoms with Crippen LogP contribution in [0.3, 0.4) is 0 Å². The zero-order chi connectivity index (χ0) is 23.9. The molecule has 7 nitrogen and oxygen atoms in total. The fourth-order valence-electron chi connectivity index (χ4n) is 3.69. The molecule has 0 bridgehead atoms. The molecule has 1 fully saturated rings. The molecule has 3 aromatic rings. The zero-order valence-electron chi connectivity index (χ0n) is 18.2. The van der Waals surface area contributed by atoms with Gasteiger partial charge in [-0.3, -0.25) is 9.20 Å². The summed E-state index contributed by atoms with van der Waals surface area (Å²) in [5, 5.41) is 9.39. The van der Waals surface area contributed by atoms with E-state index in [1.165, 1.54) is 24.1 Å². The molecule has 4 rings (SSSR count). The smallest absolute Gasteiger partial charge is 0.387 e. The number of aromatic nitrogens is 2. The van der Waals surface area contributed by atoms with Crippen molar-refractivity contribution < 1.29 is 27.4 Å². The van der Waals surface area contributed by atoms with Crippen LogP contribution in [0.1, 0.15) is 29.8 Å². The van der Waals surface area contributed by atoms with Crippen molar-refractivity contribution in [1.82, 2.24) is 14.3 Å². The normalized spacial score (nSPS) is 14.3. The molecule has 1 aromatic carbocycles. The maximum atomic E-state index is 13.3. The Hall–Kier alpha value is -3.74. The topological polar surface area (TPSA) is 79.9 Å². The van der Waals surface area contributed by atoms with E-state index in [4.69, 9.17) is 4.74 Å². The average Bonchev–Trinajstić information content (AvgIpc) is 3.19. The van der Waals surface area contributed by atoms with Crippen molar-refractivity contribution in [2.24, 2.45) is 0 Å². The van der Waals surface area contributed by atoms with Crippen molar-refractivity contribution in [2.45, 2.75) is 32.0 Å². The first-order valence-corrected chi connectivity index (χ1v) is 10.1. The van der Waals surface area contributed by atoms with Gasteiger partial charge in [0.15, 0.2) is 0 Å². The molecule has 1 aliphatic heterocycles. The van der Waals surface area contributed by atoms with Crippen LogP contribution in [-0.2, 0) is 5.41 Å². The van der Waals surface area contributed by atoms with E-state index in [1.54, 1.807) is 42.8 Å². The second-order valence-corrected chi connectivity index (χ2v) is 8.26. The SMILES string of the molecule is COc1cc(-c2cnc3cc(C(C)(C)C#N)ccn23)cc(OC(F)F)c1C(=O)N1CC(F)C1. The molecule has 0 spiro atoms. The number of carbonyl (C=O) groups excluding carboxylic acids is 1. The van der Waals surface area contributed by atoms with Gasteiger partial charge in [-0.1, -0.05) is 0 Å². The fourth-order valence-corrected chi connectivity index (χ4v) is 3.69. The lowest BCUT2D eigenvalue weighted by Gasteiger charge is -2.35. The first-order valence-electron chi connectivity index (χ1n) is 10.1. The summed E-state index contributed by atoms with van der Waals surface area (Å²) in [6.07, 6.45) is 2.13. The number of likely N-dealkylation sites (tertiary alicyclic amines) is 1. The quantitative estimate of drug-likeness (QED) is 0.553. The Bertz CT molecular complexity index is 1260. The summed E-state index contributed by atoms with van der Waals surface area (Å²) in [4.78, 5) is 18.4. The molecule has 1 aliphatic rings. The number of hydrogen-bond donors (Lipinski definition) is 0. The van der Waals surface area contributed by atoms with Gasteiger partial charge in [-0.05, 0) is 43.7 Å². The van der Waals surface area contributed by atoms with Crippen LogP contribution in [0, 0.1) is 11.3 Å². The molecule has 0 saturated carbocycles. The molecule has 0 radical (unpaired) electrons. The average molecular weight is 458 g/mol. The van der Waals surface area contributed by atoms with Crippen LogP contribution >= 0.6 is 0 Å². The summed E-state index contributed by atoms with van der Waals surface area (Å²) in [7, 11) is 1.31. The molecule has 0 N–H and O–H groups in total. The molecular weight excluding hydrogens is 437 g/mol. The molecule has 0 atom stereocenters. The largest absolute Gasteiger partial charge is 0.496 e. The molecule has 10 heteroatoms. The van der Waals surface area contributed by atoms with Gasteiger partial charge in [0.2, 0.25) is 0 Å². The number of methoxy groups -OCH3 is 1. The van der Waals surface area contributed by atoms with Crippen molar-refractivity contribution in [3.8, 4) is 28.8 Å². The number of imidazole rings is 1. The van der Waals surface area contributed by atoms with Gasteiger partial charge in [0.25, 0.3) is 5.91 Å². The van der Waals surface area contributed by atoms with Gasteiger partial charge in [0, 0.05) is 11.8 Å². The molecular formula is C23H21F3N4O3. The molecule has 0 aliphatic carbocycles. The minimum Gasteiger partial charge on any atom is -0.496 e. The van der Waals surface area contributed by atoms with Crippen LogP contribution < -0.4 is 9.47 Å². The van der Waals surface area contributed by atoms with Crippen LogP contribution in [-0.4, -0.2) is 53.2 Å². The Morgan fingerprint density at radius 2 is 1.97 bits per heavy atom. The van der Waals surface area contributed by atoms with E-state index in [-0.39, 0.29) is 30.2 Å². The van der Waals surface area contributed by atoms with Crippen LogP contribution in [0.5, 0.6) is 11.5 Å². The van der Waals surface area contributed by atoms with E-state index in [2.05, 4.69) is 15.8 Å². The Kier molecular flexibility index (Phi) is 5.66. The van der Waals surface area contributed by atoms with Gasteiger partial charge in [0.1, 0.15) is 28.9 Å². The first kappa shape index (κ1) is 22.5. The molecule has 172 valence electrons. The van der Waals surface area contributed by atoms with Crippen molar-refractivity contribution in [2.75, 3.05) is 20.2 Å². The van der Waals surface area contributed by atoms with Gasteiger partial charge in [-0.15, -0.1) is 0 Å². The maximum absolute atomic E-state index is 13.3. The van der Waals surface area contributed by atoms with Crippen molar-refractivity contribution in [3.05, 3.63) is 47.8 Å². The lowest BCUT2D eigenvalue weighted by molar-refractivity contribution is -0.0505. The number of nitrogens with zero attached hydrogens (tertiary/aromatic N) is 4. The maximum Gasteiger partial charge on any atom is 0.387 e. The number of carbonyl (C=O) groups is 1. The summed E-state index contributed by atoms with van der Waals surface area (Å²) in [5.41, 5.74) is 1.38. The van der Waals surface area contributed by atoms with E-state index in [1.807, 2.05) is 0 Å². The minimum atomic E-state index is -3.18. The Labute approximate surface area is 188 Å². The van der Waals surface area contributed by atoms with E-state index in [0.717, 1.165) is 5.56 Å². The molecule has 3 heterocycles. The van der Waals surface area contributed by atoms with E-state index < -0.39 is 24.1 Å².